The molecule has 0 bridgehead atoms. The summed E-state index contributed by atoms with van der Waals surface area (Å²) in [5.74, 6) is 1.74. The first-order valence-corrected chi connectivity index (χ1v) is 19.0. The van der Waals surface area contributed by atoms with E-state index < -0.39 is 0 Å². The van der Waals surface area contributed by atoms with Crippen LogP contribution in [0.4, 0.5) is 0 Å². The smallest absolute Gasteiger partial charge is 0.164 e. The van der Waals surface area contributed by atoms with E-state index in [1.165, 1.54) is 10.9 Å². The zero-order valence-corrected chi connectivity index (χ0v) is 30.4. The highest BCUT2D eigenvalue weighted by Gasteiger charge is 2.21. The van der Waals surface area contributed by atoms with Gasteiger partial charge in [0.1, 0.15) is 22.3 Å². The van der Waals surface area contributed by atoms with E-state index in [0.29, 0.717) is 17.5 Å². The number of hydrogen-bond acceptors (Lipinski definition) is 5. The highest BCUT2D eigenvalue weighted by Crippen LogP contribution is 2.42. The van der Waals surface area contributed by atoms with Gasteiger partial charge in [0, 0.05) is 49.3 Å². The first-order chi connectivity index (χ1) is 28.2. The third-order valence-corrected chi connectivity index (χ3v) is 11.0. The van der Waals surface area contributed by atoms with Gasteiger partial charge in [-0.1, -0.05) is 115 Å². The Morgan fingerprint density at radius 2 is 0.912 bits per heavy atom. The zero-order valence-electron chi connectivity index (χ0n) is 30.4. The summed E-state index contributed by atoms with van der Waals surface area (Å²) in [6.45, 7) is 0. The molecule has 0 saturated heterocycles. The predicted octanol–water partition coefficient (Wildman–Crippen LogP) is 13.4. The van der Waals surface area contributed by atoms with Crippen molar-refractivity contribution in [3.63, 3.8) is 0 Å². The Morgan fingerprint density at radius 1 is 0.333 bits per heavy atom. The molecule has 4 heterocycles. The Morgan fingerprint density at radius 3 is 1.74 bits per heavy atom. The van der Waals surface area contributed by atoms with Crippen LogP contribution in [0.2, 0.25) is 0 Å². The van der Waals surface area contributed by atoms with Gasteiger partial charge in [0.05, 0.1) is 16.4 Å². The molecule has 12 aromatic rings. The molecule has 4 aromatic heterocycles. The van der Waals surface area contributed by atoms with Crippen molar-refractivity contribution in [1.82, 2.24) is 19.5 Å². The quantitative estimate of drug-likeness (QED) is 0.176. The SMILES string of the molecule is c1ccc(-c2cccc(-n3c4ccccc4c4ccc5oc6ccc(-c7nc(-c8ccccc8)nc(-c8ccc9c(c8)oc8ccccc89)n7)cc6c5c43)c2)cc1. The Kier molecular flexibility index (Phi) is 6.83. The minimum absolute atomic E-state index is 0.569. The number of aromatic nitrogens is 4. The van der Waals surface area contributed by atoms with E-state index >= 15 is 0 Å². The Bertz CT molecular complexity index is 3530. The monoisotopic (exact) mass is 730 g/mol. The van der Waals surface area contributed by atoms with Crippen LogP contribution in [0.15, 0.2) is 191 Å². The third kappa shape index (κ3) is 5.01. The van der Waals surface area contributed by atoms with E-state index in [0.717, 1.165) is 88.2 Å². The van der Waals surface area contributed by atoms with Crippen LogP contribution >= 0.6 is 0 Å². The van der Waals surface area contributed by atoms with E-state index in [4.69, 9.17) is 23.8 Å². The lowest BCUT2D eigenvalue weighted by atomic mass is 10.0. The fraction of sp³-hybridized carbons (Fsp3) is 0. The average molecular weight is 731 g/mol. The molecule has 266 valence electrons. The highest BCUT2D eigenvalue weighted by molar-refractivity contribution is 6.24. The van der Waals surface area contributed by atoms with E-state index in [-0.39, 0.29) is 0 Å². The van der Waals surface area contributed by atoms with Crippen LogP contribution in [0.5, 0.6) is 0 Å². The summed E-state index contributed by atoms with van der Waals surface area (Å²) in [4.78, 5) is 15.2. The molecular weight excluding hydrogens is 701 g/mol. The standard InChI is InChI=1S/C51H30N4O2/c1-3-12-31(13-4-1)33-16-11-17-36(28-33)55-42-20-9-7-18-37(42)40-25-27-45-47(48(40)55)41-29-34(23-26-44(41)56-45)50-52-49(32-14-5-2-6-15-32)53-51(54-50)35-22-24-39-38-19-8-10-21-43(38)57-46(39)30-35/h1-30H. The summed E-state index contributed by atoms with van der Waals surface area (Å²) in [5.41, 5.74) is 11.5. The van der Waals surface area contributed by atoms with Crippen LogP contribution < -0.4 is 0 Å². The Balaban J connectivity index is 1.09. The van der Waals surface area contributed by atoms with Crippen LogP contribution in [0.3, 0.4) is 0 Å². The molecule has 0 unspecified atom stereocenters. The van der Waals surface area contributed by atoms with E-state index in [9.17, 15) is 0 Å². The Hall–Kier alpha value is -7.83. The third-order valence-electron chi connectivity index (χ3n) is 11.0. The van der Waals surface area contributed by atoms with Gasteiger partial charge in [0.2, 0.25) is 0 Å². The number of fused-ring (bicyclic) bond motifs is 10. The molecule has 0 spiro atoms. The van der Waals surface area contributed by atoms with Gasteiger partial charge < -0.3 is 13.4 Å². The Labute approximate surface area is 325 Å². The molecular formula is C51H30N4O2. The number of para-hydroxylation sites is 2. The van der Waals surface area contributed by atoms with Crippen LogP contribution in [-0.4, -0.2) is 19.5 Å². The van der Waals surface area contributed by atoms with E-state index in [2.05, 4.69) is 120 Å². The molecule has 0 atom stereocenters. The van der Waals surface area contributed by atoms with Crippen molar-refractivity contribution in [3.05, 3.63) is 182 Å². The van der Waals surface area contributed by atoms with Crippen molar-refractivity contribution < 1.29 is 8.83 Å². The van der Waals surface area contributed by atoms with E-state index in [1.807, 2.05) is 66.7 Å². The van der Waals surface area contributed by atoms with Gasteiger partial charge in [-0.25, -0.2) is 15.0 Å². The molecule has 8 aromatic carbocycles. The summed E-state index contributed by atoms with van der Waals surface area (Å²) in [6.07, 6.45) is 0. The van der Waals surface area contributed by atoms with Crippen LogP contribution in [-0.2, 0) is 0 Å². The van der Waals surface area contributed by atoms with Crippen LogP contribution in [0, 0.1) is 0 Å². The van der Waals surface area contributed by atoms with Gasteiger partial charge >= 0.3 is 0 Å². The molecule has 6 nitrogen and oxygen atoms in total. The lowest BCUT2D eigenvalue weighted by Gasteiger charge is -2.11. The maximum Gasteiger partial charge on any atom is 0.164 e. The number of nitrogens with zero attached hydrogens (tertiary/aromatic N) is 4. The zero-order chi connectivity index (χ0) is 37.5. The maximum absolute atomic E-state index is 6.61. The fourth-order valence-electron chi connectivity index (χ4n) is 8.40. The van der Waals surface area contributed by atoms with Crippen LogP contribution in [0.1, 0.15) is 0 Å². The van der Waals surface area contributed by atoms with Gasteiger partial charge in [-0.15, -0.1) is 0 Å². The second-order valence-corrected chi connectivity index (χ2v) is 14.4. The van der Waals surface area contributed by atoms with Crippen molar-refractivity contribution >= 4 is 65.7 Å². The van der Waals surface area contributed by atoms with Crippen molar-refractivity contribution in [2.75, 3.05) is 0 Å². The molecule has 0 aliphatic rings. The minimum atomic E-state index is 0.569. The van der Waals surface area contributed by atoms with Gasteiger partial charge in [0.25, 0.3) is 0 Å². The predicted molar refractivity (Wildman–Crippen MR) is 230 cm³/mol. The maximum atomic E-state index is 6.61. The van der Waals surface area contributed by atoms with Crippen molar-refractivity contribution in [1.29, 1.82) is 0 Å². The lowest BCUT2D eigenvalue weighted by Crippen LogP contribution is -2.00. The molecule has 0 fully saturated rings. The number of rotatable bonds is 5. The molecule has 0 aliphatic heterocycles. The van der Waals surface area contributed by atoms with Crippen molar-refractivity contribution in [2.24, 2.45) is 0 Å². The number of hydrogen-bond donors (Lipinski definition) is 0. The molecule has 0 amide bonds. The van der Waals surface area contributed by atoms with Crippen molar-refractivity contribution in [3.8, 4) is 51.0 Å². The van der Waals surface area contributed by atoms with Gasteiger partial charge in [0.15, 0.2) is 17.5 Å². The normalized spacial score (nSPS) is 11.9. The summed E-state index contributed by atoms with van der Waals surface area (Å²) in [5, 5.41) is 6.51. The second kappa shape index (κ2) is 12.3. The topological polar surface area (TPSA) is 69.9 Å². The molecule has 6 heteroatoms. The number of benzene rings is 8. The molecule has 0 N–H and O–H groups in total. The molecule has 12 rings (SSSR count). The van der Waals surface area contributed by atoms with Crippen LogP contribution in [0.25, 0.3) is 117 Å². The minimum Gasteiger partial charge on any atom is -0.456 e. The first kappa shape index (κ1) is 31.5. The van der Waals surface area contributed by atoms with Gasteiger partial charge in [-0.05, 0) is 77.9 Å². The molecule has 57 heavy (non-hydrogen) atoms. The largest absolute Gasteiger partial charge is 0.456 e. The number of furan rings is 2. The van der Waals surface area contributed by atoms with Gasteiger partial charge in [-0.3, -0.25) is 0 Å². The summed E-state index contributed by atoms with van der Waals surface area (Å²) < 4.78 is 15.3. The average Bonchev–Trinajstić information content (AvgIpc) is 3.96. The second-order valence-electron chi connectivity index (χ2n) is 14.4. The summed E-state index contributed by atoms with van der Waals surface area (Å²) in [7, 11) is 0. The highest BCUT2D eigenvalue weighted by atomic mass is 16.3. The lowest BCUT2D eigenvalue weighted by molar-refractivity contribution is 0.668. The molecule has 0 aliphatic carbocycles. The summed E-state index contributed by atoms with van der Waals surface area (Å²) in [6, 6.07) is 62.8. The van der Waals surface area contributed by atoms with E-state index in [1.54, 1.807) is 0 Å². The van der Waals surface area contributed by atoms with Gasteiger partial charge in [-0.2, -0.15) is 0 Å². The fourth-order valence-corrected chi connectivity index (χ4v) is 8.40. The summed E-state index contributed by atoms with van der Waals surface area (Å²) >= 11 is 0. The molecule has 0 radical (unpaired) electrons. The van der Waals surface area contributed by atoms with Crippen molar-refractivity contribution in [2.45, 2.75) is 0 Å². The first-order valence-electron chi connectivity index (χ1n) is 19.0. The molecule has 0 saturated carbocycles.